The van der Waals surface area contributed by atoms with E-state index in [4.69, 9.17) is 14.2 Å². The van der Waals surface area contributed by atoms with Crippen LogP contribution in [0.25, 0.3) is 0 Å². The molecule has 0 aliphatic carbocycles. The number of Topliss-reactive ketones (excluding diaryl/α,β-unsaturated/α-hetero) is 1. The van der Waals surface area contributed by atoms with Gasteiger partial charge < -0.3 is 19.2 Å². The number of hydrogen-bond acceptors (Lipinski definition) is 6. The van der Waals surface area contributed by atoms with Crippen molar-refractivity contribution < 1.29 is 28.6 Å². The van der Waals surface area contributed by atoms with Crippen LogP contribution in [0.5, 0.6) is 5.75 Å². The highest BCUT2D eigenvalue weighted by Crippen LogP contribution is 2.20. The van der Waals surface area contributed by atoms with Crippen molar-refractivity contribution in [3.05, 3.63) is 52.3 Å². The summed E-state index contributed by atoms with van der Waals surface area (Å²) in [6.45, 7) is 6.53. The molecular weight excluding hydrogens is 362 g/mol. The van der Waals surface area contributed by atoms with Crippen LogP contribution in [0.15, 0.2) is 24.3 Å². The number of hydrogen-bond donors (Lipinski definition) is 1. The second-order valence-corrected chi connectivity index (χ2v) is 6.18. The second-order valence-electron chi connectivity index (χ2n) is 6.18. The van der Waals surface area contributed by atoms with Gasteiger partial charge in [0.1, 0.15) is 11.4 Å². The van der Waals surface area contributed by atoms with Crippen LogP contribution in [0.2, 0.25) is 0 Å². The first-order chi connectivity index (χ1) is 13.4. The number of esters is 2. The summed E-state index contributed by atoms with van der Waals surface area (Å²) in [6, 6.07) is 7.42. The molecule has 0 saturated carbocycles. The van der Waals surface area contributed by atoms with Gasteiger partial charge in [-0.3, -0.25) is 4.79 Å². The molecule has 150 valence electrons. The van der Waals surface area contributed by atoms with Crippen molar-refractivity contribution in [3.63, 3.8) is 0 Å². The van der Waals surface area contributed by atoms with Gasteiger partial charge in [-0.2, -0.15) is 0 Å². The first-order valence-corrected chi connectivity index (χ1v) is 9.14. The fraction of sp³-hybridized carbons (Fsp3) is 0.381. The molecule has 2 aromatic rings. The molecule has 7 heteroatoms. The molecular formula is C21H25NO6. The summed E-state index contributed by atoms with van der Waals surface area (Å²) in [7, 11) is 0. The number of carbonyl (C=O) groups is 3. The zero-order chi connectivity index (χ0) is 20.7. The highest BCUT2D eigenvalue weighted by atomic mass is 16.6. The van der Waals surface area contributed by atoms with Crippen molar-refractivity contribution in [1.82, 2.24) is 4.98 Å². The molecule has 0 radical (unpaired) electrons. The van der Waals surface area contributed by atoms with E-state index in [0.717, 1.165) is 12.0 Å². The lowest BCUT2D eigenvalue weighted by Gasteiger charge is -2.10. The smallest absolute Gasteiger partial charge is 0.355 e. The van der Waals surface area contributed by atoms with Crippen LogP contribution in [-0.2, 0) is 20.7 Å². The Morgan fingerprint density at radius 1 is 1.00 bits per heavy atom. The number of carbonyl (C=O) groups excluding carboxylic acids is 3. The standard InChI is InChI=1S/C21H25NO6/c1-5-15-9-7-8-10-17(15)27-12-18(24)28-11-16(23)19-13(3)20(22-14(19)4)21(25)26-6-2/h7-10,22H,5-6,11-12H2,1-4H3. The van der Waals surface area contributed by atoms with Crippen molar-refractivity contribution in [3.8, 4) is 5.75 Å². The fourth-order valence-corrected chi connectivity index (χ4v) is 2.91. The average Bonchev–Trinajstić information content (AvgIpc) is 2.99. The van der Waals surface area contributed by atoms with Gasteiger partial charge in [-0.25, -0.2) is 9.59 Å². The minimum absolute atomic E-state index is 0.230. The van der Waals surface area contributed by atoms with Crippen molar-refractivity contribution in [2.45, 2.75) is 34.1 Å². The number of ether oxygens (including phenoxy) is 3. The lowest BCUT2D eigenvalue weighted by molar-refractivity contribution is -0.144. The molecule has 0 spiro atoms. The molecule has 1 aromatic heterocycles. The third-order valence-corrected chi connectivity index (χ3v) is 4.26. The van der Waals surface area contributed by atoms with Crippen LogP contribution in [0, 0.1) is 13.8 Å². The molecule has 0 aliphatic heterocycles. The van der Waals surface area contributed by atoms with E-state index in [0.29, 0.717) is 22.6 Å². The number of aromatic amines is 1. The Balaban J connectivity index is 1.95. The maximum atomic E-state index is 12.5. The molecule has 1 heterocycles. The number of aryl methyl sites for hydroxylation is 2. The molecule has 0 saturated heterocycles. The number of ketones is 1. The summed E-state index contributed by atoms with van der Waals surface area (Å²) in [5.74, 6) is -0.952. The maximum Gasteiger partial charge on any atom is 0.355 e. The van der Waals surface area contributed by atoms with E-state index in [-0.39, 0.29) is 18.9 Å². The van der Waals surface area contributed by atoms with Crippen LogP contribution in [0.3, 0.4) is 0 Å². The maximum absolute atomic E-state index is 12.5. The largest absolute Gasteiger partial charge is 0.482 e. The summed E-state index contributed by atoms with van der Waals surface area (Å²) >= 11 is 0. The average molecular weight is 387 g/mol. The van der Waals surface area contributed by atoms with E-state index in [1.807, 2.05) is 25.1 Å². The Morgan fingerprint density at radius 3 is 2.39 bits per heavy atom. The summed E-state index contributed by atoms with van der Waals surface area (Å²) in [4.78, 5) is 39.2. The number of benzene rings is 1. The van der Waals surface area contributed by atoms with Gasteiger partial charge in [0, 0.05) is 11.3 Å². The molecule has 1 aromatic carbocycles. The van der Waals surface area contributed by atoms with Crippen LogP contribution in [0.4, 0.5) is 0 Å². The molecule has 0 unspecified atom stereocenters. The third-order valence-electron chi connectivity index (χ3n) is 4.26. The predicted molar refractivity (Wildman–Crippen MR) is 103 cm³/mol. The van der Waals surface area contributed by atoms with Gasteiger partial charge >= 0.3 is 11.9 Å². The van der Waals surface area contributed by atoms with Gasteiger partial charge in [0.15, 0.2) is 13.2 Å². The van der Waals surface area contributed by atoms with E-state index < -0.39 is 24.3 Å². The first kappa shape index (κ1) is 21.2. The zero-order valence-electron chi connectivity index (χ0n) is 16.6. The summed E-state index contributed by atoms with van der Waals surface area (Å²) in [5, 5.41) is 0. The van der Waals surface area contributed by atoms with Gasteiger partial charge in [-0.05, 0) is 44.4 Å². The summed E-state index contributed by atoms with van der Waals surface area (Å²) in [5.41, 5.74) is 2.54. The highest BCUT2D eigenvalue weighted by molar-refractivity contribution is 6.03. The molecule has 7 nitrogen and oxygen atoms in total. The van der Waals surface area contributed by atoms with Gasteiger partial charge in [0.05, 0.1) is 6.61 Å². The molecule has 28 heavy (non-hydrogen) atoms. The molecule has 0 bridgehead atoms. The van der Waals surface area contributed by atoms with Crippen LogP contribution in [0.1, 0.15) is 51.5 Å². The Labute approximate surface area is 164 Å². The first-order valence-electron chi connectivity index (χ1n) is 9.14. The van der Waals surface area contributed by atoms with Crippen LogP contribution < -0.4 is 4.74 Å². The number of rotatable bonds is 9. The van der Waals surface area contributed by atoms with Gasteiger partial charge in [0.2, 0.25) is 5.78 Å². The van der Waals surface area contributed by atoms with Gasteiger partial charge in [0.25, 0.3) is 0 Å². The van der Waals surface area contributed by atoms with Crippen molar-refractivity contribution in [1.29, 1.82) is 0 Å². The molecule has 1 N–H and O–H groups in total. The molecule has 0 amide bonds. The lowest BCUT2D eigenvalue weighted by atomic mass is 10.1. The number of nitrogens with one attached hydrogen (secondary N) is 1. The predicted octanol–water partition coefficient (Wildman–Crippen LogP) is 3.18. The fourth-order valence-electron chi connectivity index (χ4n) is 2.91. The van der Waals surface area contributed by atoms with E-state index in [9.17, 15) is 14.4 Å². The Hall–Kier alpha value is -3.09. The molecule has 0 atom stereocenters. The topological polar surface area (TPSA) is 94.7 Å². The molecule has 0 aliphatic rings. The summed E-state index contributed by atoms with van der Waals surface area (Å²) in [6.07, 6.45) is 0.776. The van der Waals surface area contributed by atoms with Crippen molar-refractivity contribution in [2.24, 2.45) is 0 Å². The Kier molecular flexibility index (Phi) is 7.37. The van der Waals surface area contributed by atoms with Crippen LogP contribution >= 0.6 is 0 Å². The van der Waals surface area contributed by atoms with Crippen LogP contribution in [-0.4, -0.2) is 42.5 Å². The molecule has 2 rings (SSSR count). The Morgan fingerprint density at radius 2 is 1.71 bits per heavy atom. The lowest BCUT2D eigenvalue weighted by Crippen LogP contribution is -2.20. The number of aromatic nitrogens is 1. The third kappa shape index (κ3) is 5.00. The zero-order valence-corrected chi connectivity index (χ0v) is 16.6. The van der Waals surface area contributed by atoms with E-state index in [1.165, 1.54) is 0 Å². The SMILES string of the molecule is CCOC(=O)c1[nH]c(C)c(C(=O)COC(=O)COc2ccccc2CC)c1C. The molecule has 0 fully saturated rings. The second kappa shape index (κ2) is 9.73. The minimum atomic E-state index is -0.643. The van der Waals surface area contributed by atoms with E-state index >= 15 is 0 Å². The van der Waals surface area contributed by atoms with E-state index in [2.05, 4.69) is 4.98 Å². The quantitative estimate of drug-likeness (QED) is 0.525. The van der Waals surface area contributed by atoms with Crippen molar-refractivity contribution in [2.75, 3.05) is 19.8 Å². The Bertz CT molecular complexity index is 868. The highest BCUT2D eigenvalue weighted by Gasteiger charge is 2.23. The number of H-pyrrole nitrogens is 1. The van der Waals surface area contributed by atoms with Gasteiger partial charge in [-0.15, -0.1) is 0 Å². The minimum Gasteiger partial charge on any atom is -0.482 e. The van der Waals surface area contributed by atoms with Crippen molar-refractivity contribution >= 4 is 17.7 Å². The number of para-hydroxylation sites is 1. The monoisotopic (exact) mass is 387 g/mol. The van der Waals surface area contributed by atoms with Gasteiger partial charge in [-0.1, -0.05) is 25.1 Å². The normalized spacial score (nSPS) is 10.4. The van der Waals surface area contributed by atoms with E-state index in [1.54, 1.807) is 26.8 Å². The summed E-state index contributed by atoms with van der Waals surface area (Å²) < 4.78 is 15.5.